The molecule has 6 nitrogen and oxygen atoms in total. The Labute approximate surface area is 193 Å². The Morgan fingerprint density at radius 2 is 1.76 bits per heavy atom. The number of thiophene rings is 1. The second-order valence-electron chi connectivity index (χ2n) is 7.39. The third-order valence-electron chi connectivity index (χ3n) is 5.05. The highest BCUT2D eigenvalue weighted by Gasteiger charge is 2.24. The van der Waals surface area contributed by atoms with Crippen LogP contribution in [0.1, 0.15) is 51.2 Å². The number of ketones is 2. The number of carbonyl (C=O) groups is 3. The molecule has 3 rings (SSSR count). The zero-order valence-electron chi connectivity index (χ0n) is 18.3. The number of rotatable bonds is 10. The number of aryl methyl sites for hydroxylation is 1. The first kappa shape index (κ1) is 24.3. The molecule has 0 saturated heterocycles. The van der Waals surface area contributed by atoms with E-state index in [1.165, 1.54) is 30.4 Å². The van der Waals surface area contributed by atoms with E-state index in [2.05, 4.69) is 4.74 Å². The molecule has 1 atom stereocenters. The molecule has 0 N–H and O–H groups in total. The first-order valence-corrected chi connectivity index (χ1v) is 11.1. The topological polar surface area (TPSA) is 74.6 Å². The number of aromatic nitrogens is 1. The number of halogens is 2. The smallest absolute Gasteiger partial charge is 0.387 e. The number of ether oxygens (including phenoxy) is 2. The first-order chi connectivity index (χ1) is 15.7. The number of nitrogens with zero attached hydrogens (tertiary/aromatic N) is 1. The molecule has 3 aromatic rings. The van der Waals surface area contributed by atoms with Crippen LogP contribution in [0.3, 0.4) is 0 Å². The maximum Gasteiger partial charge on any atom is 0.387 e. The molecule has 33 heavy (non-hydrogen) atoms. The van der Waals surface area contributed by atoms with Crippen LogP contribution in [0.15, 0.2) is 47.8 Å². The summed E-state index contributed by atoms with van der Waals surface area (Å²) in [5.41, 5.74) is 2.42. The van der Waals surface area contributed by atoms with Crippen LogP contribution in [0.5, 0.6) is 5.75 Å². The van der Waals surface area contributed by atoms with E-state index in [1.54, 1.807) is 54.1 Å². The van der Waals surface area contributed by atoms with Crippen molar-refractivity contribution in [3.63, 3.8) is 0 Å². The van der Waals surface area contributed by atoms with E-state index < -0.39 is 18.7 Å². The molecule has 0 saturated carbocycles. The summed E-state index contributed by atoms with van der Waals surface area (Å²) in [4.78, 5) is 37.7. The van der Waals surface area contributed by atoms with Gasteiger partial charge in [-0.05, 0) is 62.5 Å². The minimum atomic E-state index is -2.91. The molecular formula is C24H23F2NO5S. The van der Waals surface area contributed by atoms with Crippen molar-refractivity contribution < 1.29 is 32.6 Å². The standard InChI is InChI=1S/C24H23F2NO5S/c1-14-13-19(15(2)27(14)17-6-8-18(9-7-17)32-24(25)26)23(30)16(3)31-22(29)11-10-20(28)21-5-4-12-33-21/h4-9,12-13,16,24H,10-11H2,1-3H3. The molecule has 0 aliphatic heterocycles. The van der Waals surface area contributed by atoms with Crippen molar-refractivity contribution in [2.24, 2.45) is 0 Å². The van der Waals surface area contributed by atoms with Gasteiger partial charge >= 0.3 is 12.6 Å². The number of hydrogen-bond acceptors (Lipinski definition) is 6. The molecule has 1 aromatic carbocycles. The van der Waals surface area contributed by atoms with Crippen molar-refractivity contribution in [1.29, 1.82) is 0 Å². The zero-order valence-corrected chi connectivity index (χ0v) is 19.2. The lowest BCUT2D eigenvalue weighted by Crippen LogP contribution is -2.25. The second kappa shape index (κ2) is 10.5. The van der Waals surface area contributed by atoms with Crippen molar-refractivity contribution in [2.75, 3.05) is 0 Å². The van der Waals surface area contributed by atoms with Gasteiger partial charge < -0.3 is 14.0 Å². The number of hydrogen-bond donors (Lipinski definition) is 0. The SMILES string of the molecule is Cc1cc(C(=O)C(C)OC(=O)CCC(=O)c2cccs2)c(C)n1-c1ccc(OC(F)F)cc1. The van der Waals surface area contributed by atoms with Gasteiger partial charge in [0, 0.05) is 29.1 Å². The maximum atomic E-state index is 12.9. The normalized spacial score (nSPS) is 11.9. The third kappa shape index (κ3) is 5.92. The zero-order chi connectivity index (χ0) is 24.1. The van der Waals surface area contributed by atoms with Gasteiger partial charge in [-0.3, -0.25) is 14.4 Å². The lowest BCUT2D eigenvalue weighted by molar-refractivity contribution is -0.146. The van der Waals surface area contributed by atoms with Crippen LogP contribution in [0.25, 0.3) is 5.69 Å². The predicted molar refractivity (Wildman–Crippen MR) is 120 cm³/mol. The number of carbonyl (C=O) groups excluding carboxylic acids is 3. The molecule has 0 radical (unpaired) electrons. The van der Waals surface area contributed by atoms with Crippen molar-refractivity contribution in [1.82, 2.24) is 4.57 Å². The summed E-state index contributed by atoms with van der Waals surface area (Å²) in [6.45, 7) is 2.13. The van der Waals surface area contributed by atoms with Gasteiger partial charge in [-0.25, -0.2) is 0 Å². The van der Waals surface area contributed by atoms with E-state index in [9.17, 15) is 23.2 Å². The molecule has 1 unspecified atom stereocenters. The fourth-order valence-electron chi connectivity index (χ4n) is 3.49. The maximum absolute atomic E-state index is 12.9. The summed E-state index contributed by atoms with van der Waals surface area (Å²) in [5.74, 6) is -1.10. The predicted octanol–water partition coefficient (Wildman–Crippen LogP) is 5.53. The van der Waals surface area contributed by atoms with Crippen LogP contribution in [-0.2, 0) is 9.53 Å². The van der Waals surface area contributed by atoms with Crippen molar-refractivity contribution in [3.8, 4) is 11.4 Å². The van der Waals surface area contributed by atoms with Gasteiger partial charge in [-0.15, -0.1) is 11.3 Å². The molecule has 9 heteroatoms. The Balaban J connectivity index is 1.66. The largest absolute Gasteiger partial charge is 0.454 e. The highest BCUT2D eigenvalue weighted by molar-refractivity contribution is 7.12. The molecule has 0 bridgehead atoms. The third-order valence-corrected chi connectivity index (χ3v) is 5.96. The molecular weight excluding hydrogens is 452 g/mol. The highest BCUT2D eigenvalue weighted by atomic mass is 32.1. The lowest BCUT2D eigenvalue weighted by atomic mass is 10.1. The number of benzene rings is 1. The average Bonchev–Trinajstić information content (AvgIpc) is 3.40. The Bertz CT molecular complexity index is 1140. The molecule has 2 heterocycles. The number of alkyl halides is 2. The van der Waals surface area contributed by atoms with E-state index in [1.807, 2.05) is 0 Å². The van der Waals surface area contributed by atoms with Crippen LogP contribution < -0.4 is 4.74 Å². The van der Waals surface area contributed by atoms with Crippen LogP contribution in [0.2, 0.25) is 0 Å². The number of Topliss-reactive ketones (excluding diaryl/α,β-unsaturated/α-hetero) is 2. The molecule has 0 fully saturated rings. The van der Waals surface area contributed by atoms with Crippen LogP contribution in [0.4, 0.5) is 8.78 Å². The fourth-order valence-corrected chi connectivity index (χ4v) is 4.19. The van der Waals surface area contributed by atoms with Gasteiger partial charge in [0.1, 0.15) is 5.75 Å². The summed E-state index contributed by atoms with van der Waals surface area (Å²) < 4.78 is 36.2. The van der Waals surface area contributed by atoms with Gasteiger partial charge in [-0.1, -0.05) is 6.07 Å². The van der Waals surface area contributed by atoms with Gasteiger partial charge in [0.25, 0.3) is 0 Å². The molecule has 174 valence electrons. The Morgan fingerprint density at radius 1 is 1.06 bits per heavy atom. The molecule has 0 spiro atoms. The van der Waals surface area contributed by atoms with Crippen LogP contribution >= 0.6 is 11.3 Å². The quantitative estimate of drug-likeness (QED) is 0.285. The monoisotopic (exact) mass is 475 g/mol. The van der Waals surface area contributed by atoms with Gasteiger partial charge in [0.2, 0.25) is 5.78 Å². The minimum absolute atomic E-state index is 0.0139. The highest BCUT2D eigenvalue weighted by Crippen LogP contribution is 2.25. The molecule has 2 aromatic heterocycles. The van der Waals surface area contributed by atoms with Gasteiger partial charge in [0.15, 0.2) is 11.9 Å². The summed E-state index contributed by atoms with van der Waals surface area (Å²) >= 11 is 1.31. The minimum Gasteiger partial charge on any atom is -0.454 e. The summed E-state index contributed by atoms with van der Waals surface area (Å²) in [7, 11) is 0. The molecule has 0 amide bonds. The number of esters is 1. The van der Waals surface area contributed by atoms with Crippen molar-refractivity contribution in [2.45, 2.75) is 46.3 Å². The summed E-state index contributed by atoms with van der Waals surface area (Å²) in [5, 5.41) is 1.79. The summed E-state index contributed by atoms with van der Waals surface area (Å²) in [6, 6.07) is 11.2. The second-order valence-corrected chi connectivity index (χ2v) is 8.34. The summed E-state index contributed by atoms with van der Waals surface area (Å²) in [6.07, 6.45) is -1.12. The molecule has 0 aliphatic rings. The van der Waals surface area contributed by atoms with Crippen molar-refractivity contribution >= 4 is 28.9 Å². The first-order valence-electron chi connectivity index (χ1n) is 10.2. The Hall–Kier alpha value is -3.33. The van der Waals surface area contributed by atoms with Crippen LogP contribution in [-0.4, -0.2) is 34.8 Å². The van der Waals surface area contributed by atoms with Crippen LogP contribution in [0, 0.1) is 13.8 Å². The Morgan fingerprint density at radius 3 is 2.36 bits per heavy atom. The van der Waals surface area contributed by atoms with E-state index in [-0.39, 0.29) is 30.2 Å². The fraction of sp³-hybridized carbons (Fsp3) is 0.292. The van der Waals surface area contributed by atoms with Crippen molar-refractivity contribution in [3.05, 3.63) is 69.7 Å². The van der Waals surface area contributed by atoms with E-state index in [4.69, 9.17) is 4.74 Å². The van der Waals surface area contributed by atoms with E-state index in [0.717, 1.165) is 5.69 Å². The van der Waals surface area contributed by atoms with E-state index >= 15 is 0 Å². The average molecular weight is 476 g/mol. The van der Waals surface area contributed by atoms with Gasteiger partial charge in [-0.2, -0.15) is 8.78 Å². The Kier molecular flexibility index (Phi) is 7.75. The van der Waals surface area contributed by atoms with Gasteiger partial charge in [0.05, 0.1) is 11.3 Å². The molecule has 0 aliphatic carbocycles. The lowest BCUT2D eigenvalue weighted by Gasteiger charge is -2.13. The van der Waals surface area contributed by atoms with E-state index in [0.29, 0.717) is 21.8 Å².